The van der Waals surface area contributed by atoms with E-state index in [1.807, 2.05) is 11.9 Å². The van der Waals surface area contributed by atoms with Gasteiger partial charge in [-0.05, 0) is 31.0 Å². The van der Waals surface area contributed by atoms with Crippen molar-refractivity contribution >= 4 is 21.4 Å². The zero-order valence-corrected chi connectivity index (χ0v) is 11.7. The highest BCUT2D eigenvalue weighted by Gasteiger charge is 2.19. The van der Waals surface area contributed by atoms with Crippen molar-refractivity contribution in [1.29, 1.82) is 0 Å². The van der Waals surface area contributed by atoms with E-state index in [2.05, 4.69) is 0 Å². The topological polar surface area (TPSA) is 98.6 Å². The summed E-state index contributed by atoms with van der Waals surface area (Å²) < 4.78 is 28.1. The zero-order valence-electron chi connectivity index (χ0n) is 10.9. The number of likely N-dealkylation sites (N-methyl/N-ethyl adjacent to an activating group) is 1. The van der Waals surface area contributed by atoms with Crippen LogP contribution in [0, 0.1) is 0 Å². The number of hydrogen-bond donors (Lipinski definition) is 2. The molecule has 6 nitrogen and oxygen atoms in total. The first-order chi connectivity index (χ1) is 8.88. The summed E-state index contributed by atoms with van der Waals surface area (Å²) in [5.74, 6) is 0. The van der Waals surface area contributed by atoms with Crippen molar-refractivity contribution < 1.29 is 13.2 Å². The SMILES string of the molecule is CN(CC1CCCO1)c1ccc(S(N)(=O)=O)c(N)c1. The van der Waals surface area contributed by atoms with E-state index >= 15 is 0 Å². The van der Waals surface area contributed by atoms with Crippen LogP contribution in [-0.2, 0) is 14.8 Å². The van der Waals surface area contributed by atoms with Gasteiger partial charge in [-0.1, -0.05) is 0 Å². The normalized spacial score (nSPS) is 19.6. The van der Waals surface area contributed by atoms with E-state index in [1.165, 1.54) is 6.07 Å². The Morgan fingerprint density at radius 3 is 2.74 bits per heavy atom. The first-order valence-electron chi connectivity index (χ1n) is 6.13. The fourth-order valence-electron chi connectivity index (χ4n) is 2.23. The lowest BCUT2D eigenvalue weighted by molar-refractivity contribution is 0.116. The van der Waals surface area contributed by atoms with Crippen LogP contribution < -0.4 is 15.8 Å². The molecule has 7 heteroatoms. The maximum absolute atomic E-state index is 11.3. The molecule has 106 valence electrons. The predicted octanol–water partition coefficient (Wildman–Crippen LogP) is 0.531. The molecule has 0 aromatic heterocycles. The fourth-order valence-corrected chi connectivity index (χ4v) is 2.88. The molecule has 1 fully saturated rings. The zero-order chi connectivity index (χ0) is 14.0. The van der Waals surface area contributed by atoms with E-state index < -0.39 is 10.0 Å². The highest BCUT2D eigenvalue weighted by atomic mass is 32.2. The Labute approximate surface area is 113 Å². The molecule has 1 saturated heterocycles. The highest BCUT2D eigenvalue weighted by Crippen LogP contribution is 2.24. The number of anilines is 2. The monoisotopic (exact) mass is 285 g/mol. The third-order valence-electron chi connectivity index (χ3n) is 3.24. The molecule has 0 saturated carbocycles. The molecule has 0 aliphatic carbocycles. The molecule has 0 spiro atoms. The van der Waals surface area contributed by atoms with Crippen LogP contribution in [0.3, 0.4) is 0 Å². The number of rotatable bonds is 4. The molecule has 1 aromatic carbocycles. The van der Waals surface area contributed by atoms with Gasteiger partial charge in [-0.25, -0.2) is 13.6 Å². The highest BCUT2D eigenvalue weighted by molar-refractivity contribution is 7.89. The number of sulfonamides is 1. The molecule has 2 rings (SSSR count). The van der Waals surface area contributed by atoms with Crippen LogP contribution in [0.4, 0.5) is 11.4 Å². The van der Waals surface area contributed by atoms with Crippen LogP contribution in [0.2, 0.25) is 0 Å². The minimum Gasteiger partial charge on any atom is -0.398 e. The molecular weight excluding hydrogens is 266 g/mol. The quantitative estimate of drug-likeness (QED) is 0.786. The second-order valence-electron chi connectivity index (χ2n) is 4.78. The molecular formula is C12H19N3O3S. The Morgan fingerprint density at radius 2 is 2.21 bits per heavy atom. The Balaban J connectivity index is 2.14. The Bertz CT molecular complexity index is 553. The summed E-state index contributed by atoms with van der Waals surface area (Å²) in [7, 11) is -1.84. The molecule has 0 radical (unpaired) electrons. The lowest BCUT2D eigenvalue weighted by Crippen LogP contribution is -2.28. The maximum atomic E-state index is 11.3. The minimum atomic E-state index is -3.77. The number of primary sulfonamides is 1. The van der Waals surface area contributed by atoms with E-state index in [-0.39, 0.29) is 16.7 Å². The van der Waals surface area contributed by atoms with Gasteiger partial charge in [0, 0.05) is 25.9 Å². The van der Waals surface area contributed by atoms with Gasteiger partial charge in [-0.15, -0.1) is 0 Å². The maximum Gasteiger partial charge on any atom is 0.240 e. The minimum absolute atomic E-state index is 0.0400. The average Bonchev–Trinajstić information content (AvgIpc) is 2.79. The van der Waals surface area contributed by atoms with Gasteiger partial charge in [0.1, 0.15) is 4.90 Å². The van der Waals surface area contributed by atoms with Crippen molar-refractivity contribution in [2.24, 2.45) is 5.14 Å². The summed E-state index contributed by atoms with van der Waals surface area (Å²) >= 11 is 0. The van der Waals surface area contributed by atoms with Crippen molar-refractivity contribution in [3.63, 3.8) is 0 Å². The molecule has 1 aromatic rings. The summed E-state index contributed by atoms with van der Waals surface area (Å²) in [6, 6.07) is 4.76. The van der Waals surface area contributed by atoms with Gasteiger partial charge < -0.3 is 15.4 Å². The smallest absolute Gasteiger partial charge is 0.240 e. The van der Waals surface area contributed by atoms with E-state index in [0.29, 0.717) is 0 Å². The third-order valence-corrected chi connectivity index (χ3v) is 4.23. The van der Waals surface area contributed by atoms with Crippen molar-refractivity contribution in [3.8, 4) is 0 Å². The van der Waals surface area contributed by atoms with Crippen LogP contribution >= 0.6 is 0 Å². The largest absolute Gasteiger partial charge is 0.398 e. The Kier molecular flexibility index (Phi) is 3.98. The first-order valence-corrected chi connectivity index (χ1v) is 7.67. The molecule has 19 heavy (non-hydrogen) atoms. The number of benzene rings is 1. The molecule has 0 amide bonds. The summed E-state index contributed by atoms with van der Waals surface area (Å²) in [5.41, 5.74) is 6.75. The standard InChI is InChI=1S/C12H19N3O3S/c1-15(8-10-3-2-6-18-10)9-4-5-12(11(13)7-9)19(14,16)17/h4-5,7,10H,2-3,6,8,13H2,1H3,(H2,14,16,17). The molecule has 1 heterocycles. The second kappa shape index (κ2) is 5.36. The molecule has 1 atom stereocenters. The number of hydrogen-bond acceptors (Lipinski definition) is 5. The van der Waals surface area contributed by atoms with Crippen LogP contribution in [0.25, 0.3) is 0 Å². The van der Waals surface area contributed by atoms with Crippen molar-refractivity contribution in [3.05, 3.63) is 18.2 Å². The van der Waals surface area contributed by atoms with Gasteiger partial charge in [-0.2, -0.15) is 0 Å². The molecule has 1 aliphatic rings. The van der Waals surface area contributed by atoms with Crippen molar-refractivity contribution in [1.82, 2.24) is 0 Å². The second-order valence-corrected chi connectivity index (χ2v) is 6.31. The van der Waals surface area contributed by atoms with Crippen LogP contribution in [-0.4, -0.2) is 34.7 Å². The van der Waals surface area contributed by atoms with Crippen molar-refractivity contribution in [2.75, 3.05) is 30.8 Å². The molecule has 4 N–H and O–H groups in total. The Morgan fingerprint density at radius 1 is 1.47 bits per heavy atom. The lowest BCUT2D eigenvalue weighted by atomic mass is 10.2. The number of ether oxygens (including phenoxy) is 1. The summed E-state index contributed by atoms with van der Waals surface area (Å²) in [5, 5.41) is 5.07. The number of nitrogens with zero attached hydrogens (tertiary/aromatic N) is 1. The van der Waals surface area contributed by atoms with E-state index in [1.54, 1.807) is 12.1 Å². The van der Waals surface area contributed by atoms with Crippen LogP contribution in [0.1, 0.15) is 12.8 Å². The van der Waals surface area contributed by atoms with E-state index in [4.69, 9.17) is 15.6 Å². The van der Waals surface area contributed by atoms with Crippen LogP contribution in [0.5, 0.6) is 0 Å². The van der Waals surface area contributed by atoms with E-state index in [0.717, 1.165) is 31.7 Å². The van der Waals surface area contributed by atoms with Gasteiger partial charge in [0.05, 0.1) is 11.8 Å². The van der Waals surface area contributed by atoms with Crippen LogP contribution in [0.15, 0.2) is 23.1 Å². The Hall–Kier alpha value is -1.31. The fraction of sp³-hybridized carbons (Fsp3) is 0.500. The van der Waals surface area contributed by atoms with Gasteiger partial charge in [0.15, 0.2) is 0 Å². The number of nitrogen functional groups attached to an aromatic ring is 1. The van der Waals surface area contributed by atoms with Gasteiger partial charge in [0.25, 0.3) is 0 Å². The van der Waals surface area contributed by atoms with Gasteiger partial charge >= 0.3 is 0 Å². The van der Waals surface area contributed by atoms with Crippen molar-refractivity contribution in [2.45, 2.75) is 23.8 Å². The third kappa shape index (κ3) is 3.37. The van der Waals surface area contributed by atoms with Gasteiger partial charge in [-0.3, -0.25) is 0 Å². The van der Waals surface area contributed by atoms with E-state index in [9.17, 15) is 8.42 Å². The summed E-state index contributed by atoms with van der Waals surface area (Å²) in [4.78, 5) is 1.96. The number of nitrogens with two attached hydrogens (primary N) is 2. The molecule has 1 aliphatic heterocycles. The predicted molar refractivity (Wildman–Crippen MR) is 74.5 cm³/mol. The summed E-state index contributed by atoms with van der Waals surface area (Å²) in [6.07, 6.45) is 2.37. The first kappa shape index (κ1) is 14.1. The lowest BCUT2D eigenvalue weighted by Gasteiger charge is -2.23. The molecule has 0 bridgehead atoms. The average molecular weight is 285 g/mol. The molecule has 1 unspecified atom stereocenters. The van der Waals surface area contributed by atoms with Gasteiger partial charge in [0.2, 0.25) is 10.0 Å². The summed E-state index contributed by atoms with van der Waals surface area (Å²) in [6.45, 7) is 1.57.